The molecule has 104 valence electrons. The smallest absolute Gasteiger partial charge is 0.306 e. The average Bonchev–Trinajstić information content (AvgIpc) is 2.91. The van der Waals surface area contributed by atoms with Crippen molar-refractivity contribution in [3.8, 4) is 6.07 Å². The first-order chi connectivity index (χ1) is 9.60. The molecular formula is C15H16N2O3. The van der Waals surface area contributed by atoms with Crippen LogP contribution in [0.4, 0.5) is 5.69 Å². The summed E-state index contributed by atoms with van der Waals surface area (Å²) in [5.41, 5.74) is 1.58. The fraction of sp³-hybridized carbons (Fsp3) is 0.400. The summed E-state index contributed by atoms with van der Waals surface area (Å²) < 4.78 is 0. The number of nitrogens with zero attached hydrogens (tertiary/aromatic N) is 1. The van der Waals surface area contributed by atoms with E-state index in [1.807, 2.05) is 0 Å². The minimum absolute atomic E-state index is 0.123. The van der Waals surface area contributed by atoms with Crippen molar-refractivity contribution in [2.24, 2.45) is 11.8 Å². The van der Waals surface area contributed by atoms with Gasteiger partial charge in [-0.1, -0.05) is 12.1 Å². The number of carbonyl (C=O) groups is 2. The zero-order valence-electron chi connectivity index (χ0n) is 11.0. The average molecular weight is 272 g/mol. The van der Waals surface area contributed by atoms with Crippen LogP contribution in [0.1, 0.15) is 24.8 Å². The van der Waals surface area contributed by atoms with Gasteiger partial charge in [0.15, 0.2) is 0 Å². The van der Waals surface area contributed by atoms with E-state index in [-0.39, 0.29) is 11.8 Å². The Morgan fingerprint density at radius 2 is 1.90 bits per heavy atom. The number of nitriles is 1. The number of aliphatic carboxylic acids is 1. The lowest BCUT2D eigenvalue weighted by molar-refractivity contribution is -0.141. The van der Waals surface area contributed by atoms with E-state index in [9.17, 15) is 9.59 Å². The van der Waals surface area contributed by atoms with Crippen LogP contribution in [0.3, 0.4) is 0 Å². The molecular weight excluding hydrogens is 256 g/mol. The molecule has 5 heteroatoms. The second-order valence-electron chi connectivity index (χ2n) is 5.07. The number of carboxylic acids is 1. The van der Waals surface area contributed by atoms with Crippen molar-refractivity contribution < 1.29 is 14.7 Å². The molecule has 0 spiro atoms. The van der Waals surface area contributed by atoms with Gasteiger partial charge in [-0.15, -0.1) is 0 Å². The number of carbonyl (C=O) groups excluding carboxylic acids is 1. The monoisotopic (exact) mass is 272 g/mol. The van der Waals surface area contributed by atoms with Crippen LogP contribution in [-0.4, -0.2) is 17.0 Å². The number of carboxylic acid groups (broad SMARTS) is 1. The lowest BCUT2D eigenvalue weighted by Gasteiger charge is -2.11. The minimum Gasteiger partial charge on any atom is -0.481 e. The van der Waals surface area contributed by atoms with Gasteiger partial charge in [0.2, 0.25) is 5.91 Å². The maximum absolute atomic E-state index is 12.0. The molecule has 1 amide bonds. The van der Waals surface area contributed by atoms with E-state index in [4.69, 9.17) is 10.4 Å². The molecule has 0 saturated heterocycles. The minimum atomic E-state index is -0.818. The van der Waals surface area contributed by atoms with Crippen molar-refractivity contribution in [1.29, 1.82) is 5.26 Å². The lowest BCUT2D eigenvalue weighted by Crippen LogP contribution is -2.21. The zero-order valence-corrected chi connectivity index (χ0v) is 11.0. The summed E-state index contributed by atoms with van der Waals surface area (Å²) in [6.07, 6.45) is 1.94. The Hall–Kier alpha value is -2.35. The normalized spacial score (nSPS) is 21.1. The molecule has 0 unspecified atom stereocenters. The molecule has 5 nitrogen and oxygen atoms in total. The first kappa shape index (κ1) is 14.1. The largest absolute Gasteiger partial charge is 0.481 e. The molecule has 0 heterocycles. The van der Waals surface area contributed by atoms with Crippen molar-refractivity contribution in [3.63, 3.8) is 0 Å². The van der Waals surface area contributed by atoms with Gasteiger partial charge in [0.25, 0.3) is 0 Å². The molecule has 2 rings (SSSR count). The summed E-state index contributed by atoms with van der Waals surface area (Å²) in [7, 11) is 0. The van der Waals surface area contributed by atoms with E-state index in [2.05, 4.69) is 11.4 Å². The van der Waals surface area contributed by atoms with Gasteiger partial charge >= 0.3 is 5.97 Å². The van der Waals surface area contributed by atoms with E-state index in [1.54, 1.807) is 24.3 Å². The molecule has 1 aliphatic carbocycles. The van der Waals surface area contributed by atoms with Crippen molar-refractivity contribution in [1.82, 2.24) is 0 Å². The molecule has 1 aromatic carbocycles. The van der Waals surface area contributed by atoms with E-state index in [1.165, 1.54) is 0 Å². The number of anilines is 1. The number of rotatable bonds is 4. The van der Waals surface area contributed by atoms with Crippen LogP contribution in [0.2, 0.25) is 0 Å². The molecule has 2 atom stereocenters. The Balaban J connectivity index is 1.92. The number of benzene rings is 1. The molecule has 2 N–H and O–H groups in total. The molecule has 0 bridgehead atoms. The number of nitrogens with one attached hydrogen (secondary N) is 1. The highest BCUT2D eigenvalue weighted by atomic mass is 16.4. The third-order valence-electron chi connectivity index (χ3n) is 3.66. The number of hydrogen-bond donors (Lipinski definition) is 2. The highest BCUT2D eigenvalue weighted by Crippen LogP contribution is 2.31. The second-order valence-corrected chi connectivity index (χ2v) is 5.07. The summed E-state index contributed by atoms with van der Waals surface area (Å²) in [5, 5.41) is 20.3. The topological polar surface area (TPSA) is 90.2 Å². The van der Waals surface area contributed by atoms with Crippen molar-refractivity contribution >= 4 is 17.6 Å². The molecule has 0 radical (unpaired) electrons. The highest BCUT2D eigenvalue weighted by Gasteiger charge is 2.33. The van der Waals surface area contributed by atoms with Crippen LogP contribution in [0, 0.1) is 23.2 Å². The zero-order chi connectivity index (χ0) is 14.5. The van der Waals surface area contributed by atoms with Crippen LogP contribution in [0.5, 0.6) is 0 Å². The summed E-state index contributed by atoms with van der Waals surface area (Å²) >= 11 is 0. The van der Waals surface area contributed by atoms with Crippen molar-refractivity contribution in [2.75, 3.05) is 5.32 Å². The molecule has 1 aliphatic rings. The van der Waals surface area contributed by atoms with Gasteiger partial charge in [-0.05, 0) is 37.0 Å². The predicted molar refractivity (Wildman–Crippen MR) is 72.9 cm³/mol. The third-order valence-corrected chi connectivity index (χ3v) is 3.66. The fourth-order valence-corrected chi connectivity index (χ4v) is 2.49. The van der Waals surface area contributed by atoms with Gasteiger partial charge in [-0.3, -0.25) is 9.59 Å². The van der Waals surface area contributed by atoms with E-state index in [0.717, 1.165) is 5.56 Å². The summed E-state index contributed by atoms with van der Waals surface area (Å²) in [4.78, 5) is 22.9. The molecule has 1 saturated carbocycles. The Labute approximate surface area is 117 Å². The Morgan fingerprint density at radius 3 is 2.45 bits per heavy atom. The number of hydrogen-bond acceptors (Lipinski definition) is 3. The first-order valence-electron chi connectivity index (χ1n) is 6.59. The van der Waals surface area contributed by atoms with Gasteiger partial charge in [-0.2, -0.15) is 5.26 Å². The van der Waals surface area contributed by atoms with Gasteiger partial charge in [0, 0.05) is 11.6 Å². The van der Waals surface area contributed by atoms with Crippen LogP contribution >= 0.6 is 0 Å². The molecule has 0 aromatic heterocycles. The highest BCUT2D eigenvalue weighted by molar-refractivity contribution is 5.93. The van der Waals surface area contributed by atoms with Gasteiger partial charge in [-0.25, -0.2) is 0 Å². The standard InChI is InChI=1S/C15H16N2O3/c16-8-7-10-1-5-13(6-2-10)17-14(18)11-3-4-12(9-11)15(19)20/h1-2,5-6,11-12H,3-4,7,9H2,(H,17,18)(H,19,20)/t11-,12+/m1/s1. The van der Waals surface area contributed by atoms with E-state index < -0.39 is 11.9 Å². The van der Waals surface area contributed by atoms with Gasteiger partial charge < -0.3 is 10.4 Å². The summed E-state index contributed by atoms with van der Waals surface area (Å²) in [6.45, 7) is 0. The SMILES string of the molecule is N#CCc1ccc(NC(=O)[C@@H]2CC[C@H](C(=O)O)C2)cc1. The maximum Gasteiger partial charge on any atom is 0.306 e. The summed E-state index contributed by atoms with van der Waals surface area (Å²) in [6, 6.07) is 9.18. The molecule has 0 aliphatic heterocycles. The Bertz CT molecular complexity index is 545. The predicted octanol–water partition coefficient (Wildman–Crippen LogP) is 2.19. The first-order valence-corrected chi connectivity index (χ1v) is 6.59. The van der Waals surface area contributed by atoms with E-state index >= 15 is 0 Å². The van der Waals surface area contributed by atoms with Crippen LogP contribution in [-0.2, 0) is 16.0 Å². The van der Waals surface area contributed by atoms with Crippen molar-refractivity contribution in [2.45, 2.75) is 25.7 Å². The van der Waals surface area contributed by atoms with Crippen LogP contribution in [0.25, 0.3) is 0 Å². The van der Waals surface area contributed by atoms with E-state index in [0.29, 0.717) is 31.4 Å². The third kappa shape index (κ3) is 3.35. The Morgan fingerprint density at radius 1 is 1.25 bits per heavy atom. The van der Waals surface area contributed by atoms with Crippen LogP contribution < -0.4 is 5.32 Å². The lowest BCUT2D eigenvalue weighted by atomic mass is 10.0. The fourth-order valence-electron chi connectivity index (χ4n) is 2.49. The molecule has 1 aromatic rings. The quantitative estimate of drug-likeness (QED) is 0.879. The maximum atomic E-state index is 12.0. The van der Waals surface area contributed by atoms with Gasteiger partial charge in [0.05, 0.1) is 18.4 Å². The second kappa shape index (κ2) is 6.20. The van der Waals surface area contributed by atoms with Crippen LogP contribution in [0.15, 0.2) is 24.3 Å². The van der Waals surface area contributed by atoms with Crippen molar-refractivity contribution in [3.05, 3.63) is 29.8 Å². The summed E-state index contributed by atoms with van der Waals surface area (Å²) in [5.74, 6) is -1.57. The molecule has 20 heavy (non-hydrogen) atoms. The Kier molecular flexibility index (Phi) is 4.36. The number of amides is 1. The molecule has 1 fully saturated rings. The van der Waals surface area contributed by atoms with Gasteiger partial charge in [0.1, 0.15) is 0 Å².